The summed E-state index contributed by atoms with van der Waals surface area (Å²) in [5.74, 6) is -2.67. The molecule has 33 heavy (non-hydrogen) atoms. The normalized spacial score (nSPS) is 13.8. The third-order valence-corrected chi connectivity index (χ3v) is 6.23. The minimum absolute atomic E-state index is 0.0384. The van der Waals surface area contributed by atoms with Crippen LogP contribution in [0, 0.1) is 0 Å². The van der Waals surface area contributed by atoms with Gasteiger partial charge in [0.05, 0.1) is 0 Å². The van der Waals surface area contributed by atoms with Crippen LogP contribution >= 0.6 is 21.6 Å². The zero-order valence-corrected chi connectivity index (χ0v) is 20.2. The molecule has 0 radical (unpaired) electrons. The Morgan fingerprint density at radius 3 is 1.94 bits per heavy atom. The number of allylic oxidation sites excluding steroid dienone is 7. The molecule has 1 amide bonds. The summed E-state index contributed by atoms with van der Waals surface area (Å²) in [7, 11) is 6.19. The van der Waals surface area contributed by atoms with Gasteiger partial charge in [-0.25, -0.2) is 0 Å². The second-order valence-electron chi connectivity index (χ2n) is 6.25. The van der Waals surface area contributed by atoms with Crippen LogP contribution in [0.1, 0.15) is 6.92 Å². The van der Waals surface area contributed by atoms with Crippen molar-refractivity contribution in [3.05, 3.63) is 85.6 Å². The molecular formula is C23H29BN2O5S2. The molecule has 0 aromatic carbocycles. The van der Waals surface area contributed by atoms with E-state index in [4.69, 9.17) is 0 Å². The molecule has 176 valence electrons. The summed E-state index contributed by atoms with van der Waals surface area (Å²) in [5.41, 5.74) is 1.28. The number of nitrogens with one attached hydrogen (secondary N) is 2. The third-order valence-electron chi connectivity index (χ3n) is 3.81. The predicted octanol–water partition coefficient (Wildman–Crippen LogP) is 2.55. The summed E-state index contributed by atoms with van der Waals surface area (Å²) in [6.45, 7) is 12.6. The summed E-state index contributed by atoms with van der Waals surface area (Å²) in [6.07, 6.45) is 14.5. The molecule has 0 heterocycles. The van der Waals surface area contributed by atoms with Gasteiger partial charge in [0.1, 0.15) is 0 Å². The molecule has 7 nitrogen and oxygen atoms in total. The Morgan fingerprint density at radius 1 is 0.909 bits per heavy atom. The number of amides is 1. The summed E-state index contributed by atoms with van der Waals surface area (Å²) in [4.78, 5) is 35.4. The van der Waals surface area contributed by atoms with E-state index in [1.54, 1.807) is 49.5 Å². The fourth-order valence-corrected chi connectivity index (χ4v) is 4.42. The van der Waals surface area contributed by atoms with E-state index in [2.05, 4.69) is 37.9 Å². The Hall–Kier alpha value is -2.98. The van der Waals surface area contributed by atoms with Gasteiger partial charge < -0.3 is 0 Å². The monoisotopic (exact) mass is 488 g/mol. The zero-order chi connectivity index (χ0) is 25.2. The number of rotatable bonds is 17. The van der Waals surface area contributed by atoms with Crippen LogP contribution in [0.5, 0.6) is 0 Å². The number of hydrogen-bond donors (Lipinski definition) is 4. The molecule has 10 heteroatoms. The first-order valence-corrected chi connectivity index (χ1v) is 12.2. The van der Waals surface area contributed by atoms with Crippen molar-refractivity contribution in [2.75, 3.05) is 11.5 Å². The Labute approximate surface area is 203 Å². The number of carbonyl (C=O) groups is 3. The Morgan fingerprint density at radius 2 is 1.48 bits per heavy atom. The number of carboxylic acids is 2. The zero-order valence-electron chi connectivity index (χ0n) is 18.5. The van der Waals surface area contributed by atoms with E-state index < -0.39 is 29.9 Å². The molecule has 0 fully saturated rings. The first kappa shape index (κ1) is 30.0. The van der Waals surface area contributed by atoms with E-state index in [1.165, 1.54) is 22.9 Å². The molecule has 0 aliphatic carbocycles. The molecule has 0 aliphatic rings. The van der Waals surface area contributed by atoms with Crippen molar-refractivity contribution < 1.29 is 24.6 Å². The molecule has 2 atom stereocenters. The van der Waals surface area contributed by atoms with Crippen LogP contribution in [0.15, 0.2) is 85.6 Å². The quantitative estimate of drug-likeness (QED) is 0.0812. The third kappa shape index (κ3) is 12.6. The van der Waals surface area contributed by atoms with Crippen molar-refractivity contribution in [1.29, 1.82) is 0 Å². The molecule has 0 saturated carbocycles. The SMILES string of the molecule is B=C(NC(CSSCC(NC(=O)/C(C=C)=C/C=C\C)C(=O)O)C(=O)O)C(/C=C\C=C)=C/C=C. The molecule has 4 N–H and O–H groups in total. The van der Waals surface area contributed by atoms with E-state index in [-0.39, 0.29) is 17.1 Å². The summed E-state index contributed by atoms with van der Waals surface area (Å²) in [6, 6.07) is -2.12. The molecule has 0 bridgehead atoms. The van der Waals surface area contributed by atoms with Crippen LogP contribution in [0.2, 0.25) is 0 Å². The molecule has 0 spiro atoms. The second kappa shape index (κ2) is 17.6. The number of carbonyl (C=O) groups excluding carboxylic acids is 1. The van der Waals surface area contributed by atoms with Crippen molar-refractivity contribution >= 4 is 52.5 Å². The van der Waals surface area contributed by atoms with Crippen LogP contribution in [0.4, 0.5) is 0 Å². The molecule has 0 aromatic rings. The summed E-state index contributed by atoms with van der Waals surface area (Å²) < 4.78 is 0. The number of hydrogen-bond acceptors (Lipinski definition) is 6. The van der Waals surface area contributed by atoms with Gasteiger partial charge in [0.2, 0.25) is 0 Å². The second-order valence-corrected chi connectivity index (χ2v) is 8.80. The molecule has 2 unspecified atom stereocenters. The predicted molar refractivity (Wildman–Crippen MR) is 142 cm³/mol. The van der Waals surface area contributed by atoms with Gasteiger partial charge in [0, 0.05) is 0 Å². The topological polar surface area (TPSA) is 116 Å². The number of carboxylic acid groups (broad SMARTS) is 2. The van der Waals surface area contributed by atoms with Crippen LogP contribution in [0.3, 0.4) is 0 Å². The van der Waals surface area contributed by atoms with Gasteiger partial charge in [0.25, 0.3) is 0 Å². The fourth-order valence-electron chi connectivity index (χ4n) is 2.11. The van der Waals surface area contributed by atoms with Gasteiger partial charge in [-0.05, 0) is 6.92 Å². The van der Waals surface area contributed by atoms with Gasteiger partial charge in [-0.15, -0.1) is 0 Å². The van der Waals surface area contributed by atoms with Crippen molar-refractivity contribution in [2.24, 2.45) is 0 Å². The fraction of sp³-hybridized carbons (Fsp3) is 0.217. The maximum atomic E-state index is 12.3. The van der Waals surface area contributed by atoms with Gasteiger partial charge in [0.15, 0.2) is 0 Å². The van der Waals surface area contributed by atoms with Gasteiger partial charge >= 0.3 is 178 Å². The van der Waals surface area contributed by atoms with E-state index in [1.807, 2.05) is 0 Å². The van der Waals surface area contributed by atoms with Crippen LogP contribution in [-0.2, 0) is 14.4 Å². The summed E-state index contributed by atoms with van der Waals surface area (Å²) in [5, 5.41) is 24.2. The van der Waals surface area contributed by atoms with Crippen LogP contribution in [0.25, 0.3) is 0 Å². The van der Waals surface area contributed by atoms with Gasteiger partial charge in [-0.2, -0.15) is 0 Å². The van der Waals surface area contributed by atoms with E-state index in [0.29, 0.717) is 11.2 Å². The van der Waals surface area contributed by atoms with Crippen molar-refractivity contribution in [3.63, 3.8) is 0 Å². The van der Waals surface area contributed by atoms with E-state index in [9.17, 15) is 24.6 Å². The van der Waals surface area contributed by atoms with Crippen molar-refractivity contribution in [3.8, 4) is 0 Å². The van der Waals surface area contributed by atoms with E-state index >= 15 is 0 Å². The summed E-state index contributed by atoms with van der Waals surface area (Å²) >= 11 is 0. The molecule has 0 rings (SSSR count). The number of aliphatic carboxylic acids is 2. The Kier molecular flexibility index (Phi) is 16.0. The molecular weight excluding hydrogens is 459 g/mol. The molecule has 0 aromatic heterocycles. The molecule has 0 saturated heterocycles. The van der Waals surface area contributed by atoms with Crippen molar-refractivity contribution in [2.45, 2.75) is 19.0 Å². The van der Waals surface area contributed by atoms with Crippen LogP contribution in [-0.4, -0.2) is 64.7 Å². The average Bonchev–Trinajstić information content (AvgIpc) is 2.77. The maximum absolute atomic E-state index is 12.3. The minimum atomic E-state index is -1.19. The Bertz CT molecular complexity index is 878. The Balaban J connectivity index is 4.97. The van der Waals surface area contributed by atoms with Crippen molar-refractivity contribution in [1.82, 2.24) is 10.6 Å². The standard InChI is InChI=1S/C23H29BN2O5S2/c1-5-9-12-16(8-4)21(27)26-19(23(30)31)15-33-32-14-18(22(28)29)25-20(24)17(11-7-3)13-10-6-2/h5-13,18-19,24-25H,2-4,14-15H2,1H3,(H,26,27)(H,28,29)(H,30,31)/b9-5-,13-10-,16-12+,17-11+. The van der Waals surface area contributed by atoms with Gasteiger partial charge in [-0.3, -0.25) is 0 Å². The van der Waals surface area contributed by atoms with E-state index in [0.717, 1.165) is 10.8 Å². The first-order valence-electron chi connectivity index (χ1n) is 9.75. The van der Waals surface area contributed by atoms with Gasteiger partial charge in [-0.1, -0.05) is 18.7 Å². The first-order chi connectivity index (χ1) is 15.7. The molecule has 0 aliphatic heterocycles. The van der Waals surface area contributed by atoms with Crippen LogP contribution < -0.4 is 10.6 Å². The average molecular weight is 488 g/mol.